The summed E-state index contributed by atoms with van der Waals surface area (Å²) in [5, 5.41) is 1.33. The third-order valence-electron chi connectivity index (χ3n) is 3.09. The van der Waals surface area contributed by atoms with Gasteiger partial charge in [-0.3, -0.25) is 0 Å². The lowest BCUT2D eigenvalue weighted by molar-refractivity contribution is -0.137. The number of nitrogens with zero attached hydrogens (tertiary/aromatic N) is 1. The van der Waals surface area contributed by atoms with Gasteiger partial charge in [0, 0.05) is 16.8 Å². The van der Waals surface area contributed by atoms with Crippen LogP contribution in [0.25, 0.3) is 21.0 Å². The van der Waals surface area contributed by atoms with E-state index >= 15 is 0 Å². The van der Waals surface area contributed by atoms with E-state index in [1.54, 1.807) is 18.3 Å². The molecule has 2 aromatic carbocycles. The molecule has 3 rings (SSSR count). The Morgan fingerprint density at radius 2 is 1.45 bits per heavy atom. The monoisotopic (exact) mass is 339 g/mol. The maximum Gasteiger partial charge on any atom is 0.416 e. The maximum atomic E-state index is 12.6. The van der Waals surface area contributed by atoms with E-state index in [1.165, 1.54) is 23.5 Å². The first-order chi connectivity index (χ1) is 10.4. The molecule has 3 aromatic rings. The van der Waals surface area contributed by atoms with E-state index in [0.29, 0.717) is 15.6 Å². The molecule has 0 aliphatic carbocycles. The zero-order valence-electron chi connectivity index (χ0n) is 11.1. The lowest BCUT2D eigenvalue weighted by atomic mass is 10.1. The Bertz CT molecular complexity index is 776. The fourth-order valence-corrected chi connectivity index (χ4v) is 3.01. The molecule has 0 N–H and O–H groups in total. The second-order valence-electron chi connectivity index (χ2n) is 4.61. The summed E-state index contributed by atoms with van der Waals surface area (Å²) in [6.45, 7) is 0. The lowest BCUT2D eigenvalue weighted by Gasteiger charge is -2.06. The molecule has 0 spiro atoms. The molecule has 0 unspecified atom stereocenters. The number of benzene rings is 2. The summed E-state index contributed by atoms with van der Waals surface area (Å²) in [6.07, 6.45) is -2.61. The molecular formula is C16H9ClF3NS. The molecular weight excluding hydrogens is 331 g/mol. The Balaban J connectivity index is 1.89. The molecule has 22 heavy (non-hydrogen) atoms. The normalized spacial score (nSPS) is 11.6. The first-order valence-electron chi connectivity index (χ1n) is 6.33. The minimum Gasteiger partial charge on any atom is -0.244 e. The van der Waals surface area contributed by atoms with E-state index in [1.807, 2.05) is 12.1 Å². The van der Waals surface area contributed by atoms with Gasteiger partial charge in [-0.05, 0) is 29.8 Å². The fraction of sp³-hybridized carbons (Fsp3) is 0.0625. The van der Waals surface area contributed by atoms with Crippen molar-refractivity contribution in [2.24, 2.45) is 0 Å². The highest BCUT2D eigenvalue weighted by atomic mass is 35.5. The van der Waals surface area contributed by atoms with Crippen molar-refractivity contribution in [3.63, 3.8) is 0 Å². The molecule has 1 nitrogen and oxygen atoms in total. The highest BCUT2D eigenvalue weighted by molar-refractivity contribution is 7.18. The average Bonchev–Trinajstić information content (AvgIpc) is 2.97. The Morgan fingerprint density at radius 1 is 0.864 bits per heavy atom. The Morgan fingerprint density at radius 3 is 2.05 bits per heavy atom. The number of halogens is 4. The first-order valence-corrected chi connectivity index (χ1v) is 7.52. The van der Waals surface area contributed by atoms with Crippen LogP contribution < -0.4 is 0 Å². The molecule has 0 aliphatic rings. The van der Waals surface area contributed by atoms with Crippen LogP contribution in [-0.2, 0) is 6.18 Å². The molecule has 1 heterocycles. The van der Waals surface area contributed by atoms with E-state index in [4.69, 9.17) is 11.6 Å². The van der Waals surface area contributed by atoms with E-state index in [-0.39, 0.29) is 0 Å². The standard InChI is InChI=1S/C16H9ClF3NS/c17-13-7-3-10(4-8-13)14-9-21-15(22-14)11-1-5-12(6-2-11)16(18,19)20/h1-9H. The Hall–Kier alpha value is -1.85. The number of hydrogen-bond acceptors (Lipinski definition) is 2. The van der Waals surface area contributed by atoms with E-state index < -0.39 is 11.7 Å². The van der Waals surface area contributed by atoms with Crippen molar-refractivity contribution in [2.75, 3.05) is 0 Å². The third-order valence-corrected chi connectivity index (χ3v) is 4.44. The van der Waals surface area contributed by atoms with Crippen LogP contribution in [0.5, 0.6) is 0 Å². The highest BCUT2D eigenvalue weighted by Crippen LogP contribution is 2.34. The first kappa shape index (κ1) is 15.1. The molecule has 0 fully saturated rings. The zero-order chi connectivity index (χ0) is 15.7. The molecule has 112 valence electrons. The second kappa shape index (κ2) is 5.74. The van der Waals surface area contributed by atoms with Gasteiger partial charge in [0.25, 0.3) is 0 Å². The van der Waals surface area contributed by atoms with Crippen LogP contribution in [0.1, 0.15) is 5.56 Å². The van der Waals surface area contributed by atoms with Crippen molar-refractivity contribution in [1.29, 1.82) is 0 Å². The largest absolute Gasteiger partial charge is 0.416 e. The molecule has 0 saturated heterocycles. The topological polar surface area (TPSA) is 12.9 Å². The number of rotatable bonds is 2. The van der Waals surface area contributed by atoms with Gasteiger partial charge < -0.3 is 0 Å². The maximum absolute atomic E-state index is 12.6. The van der Waals surface area contributed by atoms with Crippen molar-refractivity contribution in [2.45, 2.75) is 6.18 Å². The predicted octanol–water partition coefficient (Wildman–Crippen LogP) is 6.15. The van der Waals surface area contributed by atoms with Crippen LogP contribution in [0, 0.1) is 0 Å². The van der Waals surface area contributed by atoms with E-state index in [2.05, 4.69) is 4.98 Å². The minimum absolute atomic E-state index is 0.649. The molecule has 0 atom stereocenters. The van der Waals surface area contributed by atoms with E-state index in [0.717, 1.165) is 22.6 Å². The van der Waals surface area contributed by atoms with Crippen LogP contribution in [0.4, 0.5) is 13.2 Å². The van der Waals surface area contributed by atoms with Crippen molar-refractivity contribution in [3.8, 4) is 21.0 Å². The molecule has 0 radical (unpaired) electrons. The molecule has 0 saturated carbocycles. The number of hydrogen-bond donors (Lipinski definition) is 0. The van der Waals surface area contributed by atoms with Gasteiger partial charge >= 0.3 is 6.18 Å². The number of alkyl halides is 3. The Labute approximate surface area is 134 Å². The highest BCUT2D eigenvalue weighted by Gasteiger charge is 2.30. The van der Waals surface area contributed by atoms with Gasteiger partial charge in [-0.25, -0.2) is 4.98 Å². The van der Waals surface area contributed by atoms with E-state index in [9.17, 15) is 13.2 Å². The summed E-state index contributed by atoms with van der Waals surface area (Å²) in [5.41, 5.74) is 0.976. The minimum atomic E-state index is -4.32. The van der Waals surface area contributed by atoms with Crippen molar-refractivity contribution >= 4 is 22.9 Å². The summed E-state index contributed by atoms with van der Waals surface area (Å²) in [7, 11) is 0. The van der Waals surface area contributed by atoms with Gasteiger partial charge in [0.05, 0.1) is 10.4 Å². The summed E-state index contributed by atoms with van der Waals surface area (Å²) in [5.74, 6) is 0. The van der Waals surface area contributed by atoms with Crippen molar-refractivity contribution < 1.29 is 13.2 Å². The van der Waals surface area contributed by atoms with Crippen LogP contribution in [0.15, 0.2) is 54.7 Å². The van der Waals surface area contributed by atoms with Gasteiger partial charge in [0.15, 0.2) is 0 Å². The molecule has 0 amide bonds. The van der Waals surface area contributed by atoms with Gasteiger partial charge in [-0.2, -0.15) is 13.2 Å². The summed E-state index contributed by atoms with van der Waals surface area (Å²) < 4.78 is 37.7. The smallest absolute Gasteiger partial charge is 0.244 e. The zero-order valence-corrected chi connectivity index (χ0v) is 12.6. The SMILES string of the molecule is FC(F)(F)c1ccc(-c2ncc(-c3ccc(Cl)cc3)s2)cc1. The number of thiazole rings is 1. The second-order valence-corrected chi connectivity index (χ2v) is 6.08. The predicted molar refractivity (Wildman–Crippen MR) is 83.0 cm³/mol. The molecule has 0 bridgehead atoms. The summed E-state index contributed by atoms with van der Waals surface area (Å²) in [4.78, 5) is 5.22. The molecule has 0 aliphatic heterocycles. The fourth-order valence-electron chi connectivity index (χ4n) is 1.96. The van der Waals surface area contributed by atoms with Crippen LogP contribution >= 0.6 is 22.9 Å². The van der Waals surface area contributed by atoms with Gasteiger partial charge in [0.1, 0.15) is 5.01 Å². The van der Waals surface area contributed by atoms with Gasteiger partial charge in [-0.15, -0.1) is 11.3 Å². The van der Waals surface area contributed by atoms with Crippen LogP contribution in [0.2, 0.25) is 5.02 Å². The van der Waals surface area contributed by atoms with Gasteiger partial charge in [0.2, 0.25) is 0 Å². The quantitative estimate of drug-likeness (QED) is 0.545. The van der Waals surface area contributed by atoms with Crippen LogP contribution in [0.3, 0.4) is 0 Å². The third kappa shape index (κ3) is 3.15. The van der Waals surface area contributed by atoms with Crippen LogP contribution in [-0.4, -0.2) is 4.98 Å². The van der Waals surface area contributed by atoms with Crippen molar-refractivity contribution in [1.82, 2.24) is 4.98 Å². The van der Waals surface area contributed by atoms with Crippen molar-refractivity contribution in [3.05, 3.63) is 65.3 Å². The van der Waals surface area contributed by atoms with Gasteiger partial charge in [-0.1, -0.05) is 35.9 Å². The Kier molecular flexibility index (Phi) is 3.93. The molecule has 1 aromatic heterocycles. The average molecular weight is 340 g/mol. The number of aromatic nitrogens is 1. The lowest BCUT2D eigenvalue weighted by Crippen LogP contribution is -2.03. The molecule has 6 heteroatoms. The summed E-state index contributed by atoms with van der Waals surface area (Å²) in [6, 6.07) is 12.3. The summed E-state index contributed by atoms with van der Waals surface area (Å²) >= 11 is 7.27.